The van der Waals surface area contributed by atoms with E-state index in [1.54, 1.807) is 11.3 Å². The second-order valence-corrected chi connectivity index (χ2v) is 5.92. The number of benzene rings is 1. The standard InChI is InChI=1S/C14H16OS/c1-9-6-7-11-10-4-2-3-5-13(10)16-14(11)12(15)8-9/h2-5,9,12,15H,6-8H2,1H3. The van der Waals surface area contributed by atoms with Crippen molar-refractivity contribution in [1.82, 2.24) is 0 Å². The van der Waals surface area contributed by atoms with Crippen molar-refractivity contribution in [3.63, 3.8) is 0 Å². The van der Waals surface area contributed by atoms with E-state index in [9.17, 15) is 5.11 Å². The van der Waals surface area contributed by atoms with E-state index in [1.165, 1.54) is 26.9 Å². The molecule has 0 spiro atoms. The fourth-order valence-corrected chi connectivity index (χ4v) is 3.89. The van der Waals surface area contributed by atoms with Crippen LogP contribution in [0.15, 0.2) is 24.3 Å². The molecule has 1 N–H and O–H groups in total. The zero-order valence-corrected chi connectivity index (χ0v) is 10.3. The monoisotopic (exact) mass is 232 g/mol. The van der Waals surface area contributed by atoms with Gasteiger partial charge < -0.3 is 5.11 Å². The molecule has 2 heteroatoms. The molecule has 0 saturated carbocycles. The summed E-state index contributed by atoms with van der Waals surface area (Å²) in [5.41, 5.74) is 1.40. The first-order valence-electron chi connectivity index (χ1n) is 5.94. The van der Waals surface area contributed by atoms with Gasteiger partial charge >= 0.3 is 0 Å². The van der Waals surface area contributed by atoms with Crippen molar-refractivity contribution >= 4 is 21.4 Å². The molecule has 0 bridgehead atoms. The number of fused-ring (bicyclic) bond motifs is 3. The quantitative estimate of drug-likeness (QED) is 0.683. The number of hydrogen-bond donors (Lipinski definition) is 1. The molecular formula is C14H16OS. The third kappa shape index (κ3) is 1.57. The molecule has 0 amide bonds. The summed E-state index contributed by atoms with van der Waals surface area (Å²) in [5, 5.41) is 11.6. The van der Waals surface area contributed by atoms with Gasteiger partial charge in [-0.05, 0) is 42.2 Å². The molecular weight excluding hydrogens is 216 g/mol. The lowest BCUT2D eigenvalue weighted by Crippen LogP contribution is -1.99. The summed E-state index contributed by atoms with van der Waals surface area (Å²) in [6.45, 7) is 2.24. The summed E-state index contributed by atoms with van der Waals surface area (Å²) < 4.78 is 1.32. The van der Waals surface area contributed by atoms with E-state index in [-0.39, 0.29) is 6.10 Å². The van der Waals surface area contributed by atoms with E-state index >= 15 is 0 Å². The van der Waals surface area contributed by atoms with Gasteiger partial charge in [0, 0.05) is 9.58 Å². The average molecular weight is 232 g/mol. The minimum atomic E-state index is -0.245. The number of rotatable bonds is 0. The minimum Gasteiger partial charge on any atom is -0.388 e. The molecule has 1 aromatic heterocycles. The van der Waals surface area contributed by atoms with Crippen molar-refractivity contribution in [3.05, 3.63) is 34.7 Å². The van der Waals surface area contributed by atoms with Gasteiger partial charge in [-0.15, -0.1) is 11.3 Å². The van der Waals surface area contributed by atoms with Gasteiger partial charge in [0.05, 0.1) is 6.10 Å². The highest BCUT2D eigenvalue weighted by atomic mass is 32.1. The maximum atomic E-state index is 10.2. The second-order valence-electron chi connectivity index (χ2n) is 4.84. The predicted octanol–water partition coefficient (Wildman–Crippen LogP) is 3.91. The SMILES string of the molecule is CC1CCc2c(sc3ccccc23)C(O)C1. The van der Waals surface area contributed by atoms with Crippen LogP contribution >= 0.6 is 11.3 Å². The number of thiophene rings is 1. The van der Waals surface area contributed by atoms with Gasteiger partial charge in [-0.1, -0.05) is 25.1 Å². The van der Waals surface area contributed by atoms with Crippen molar-refractivity contribution in [3.8, 4) is 0 Å². The predicted molar refractivity (Wildman–Crippen MR) is 68.9 cm³/mol. The summed E-state index contributed by atoms with van der Waals surface area (Å²) in [4.78, 5) is 1.21. The van der Waals surface area contributed by atoms with Crippen LogP contribution in [0.4, 0.5) is 0 Å². The molecule has 1 aliphatic rings. The van der Waals surface area contributed by atoms with E-state index < -0.39 is 0 Å². The highest BCUT2D eigenvalue weighted by Gasteiger charge is 2.24. The highest BCUT2D eigenvalue weighted by Crippen LogP contribution is 2.41. The van der Waals surface area contributed by atoms with Crippen LogP contribution in [-0.2, 0) is 6.42 Å². The molecule has 0 aliphatic heterocycles. The lowest BCUT2D eigenvalue weighted by atomic mass is 10.0. The molecule has 84 valence electrons. The molecule has 3 rings (SSSR count). The first kappa shape index (κ1) is 10.3. The first-order chi connectivity index (χ1) is 7.75. The highest BCUT2D eigenvalue weighted by molar-refractivity contribution is 7.19. The van der Waals surface area contributed by atoms with Crippen molar-refractivity contribution in [2.75, 3.05) is 0 Å². The van der Waals surface area contributed by atoms with Gasteiger partial charge in [0.2, 0.25) is 0 Å². The van der Waals surface area contributed by atoms with E-state index in [2.05, 4.69) is 31.2 Å². The van der Waals surface area contributed by atoms with Gasteiger partial charge in [-0.2, -0.15) is 0 Å². The Kier molecular flexibility index (Phi) is 2.49. The fourth-order valence-electron chi connectivity index (χ4n) is 2.64. The van der Waals surface area contributed by atoms with Gasteiger partial charge in [0.25, 0.3) is 0 Å². The smallest absolute Gasteiger partial charge is 0.0887 e. The zero-order valence-electron chi connectivity index (χ0n) is 9.44. The Morgan fingerprint density at radius 3 is 3.00 bits per heavy atom. The molecule has 1 aliphatic carbocycles. The number of aryl methyl sites for hydroxylation is 1. The maximum absolute atomic E-state index is 10.2. The molecule has 0 fully saturated rings. The molecule has 0 saturated heterocycles. The summed E-state index contributed by atoms with van der Waals surface area (Å²) in [7, 11) is 0. The Labute approximate surface area is 99.7 Å². The van der Waals surface area contributed by atoms with E-state index in [1.807, 2.05) is 0 Å². The van der Waals surface area contributed by atoms with Crippen LogP contribution in [0.25, 0.3) is 10.1 Å². The van der Waals surface area contributed by atoms with Gasteiger partial charge in [0.15, 0.2) is 0 Å². The van der Waals surface area contributed by atoms with Crippen LogP contribution < -0.4 is 0 Å². The minimum absolute atomic E-state index is 0.245. The van der Waals surface area contributed by atoms with Crippen molar-refractivity contribution in [2.24, 2.45) is 5.92 Å². The Morgan fingerprint density at radius 1 is 1.31 bits per heavy atom. The maximum Gasteiger partial charge on any atom is 0.0887 e. The van der Waals surface area contributed by atoms with Gasteiger partial charge in [-0.3, -0.25) is 0 Å². The molecule has 1 heterocycles. The number of hydrogen-bond acceptors (Lipinski definition) is 2. The lowest BCUT2D eigenvalue weighted by molar-refractivity contribution is 0.153. The molecule has 2 aromatic rings. The second kappa shape index (κ2) is 3.86. The van der Waals surface area contributed by atoms with Crippen molar-refractivity contribution in [2.45, 2.75) is 32.3 Å². The Balaban J connectivity index is 2.19. The molecule has 2 unspecified atom stereocenters. The Morgan fingerprint density at radius 2 is 2.12 bits per heavy atom. The summed E-state index contributed by atoms with van der Waals surface area (Å²) >= 11 is 1.77. The van der Waals surface area contributed by atoms with Crippen LogP contribution in [-0.4, -0.2) is 5.11 Å². The zero-order chi connectivity index (χ0) is 11.1. The largest absolute Gasteiger partial charge is 0.388 e. The third-order valence-corrected chi connectivity index (χ3v) is 4.86. The molecule has 1 aromatic carbocycles. The van der Waals surface area contributed by atoms with E-state index in [0.29, 0.717) is 5.92 Å². The van der Waals surface area contributed by atoms with Crippen LogP contribution in [0.2, 0.25) is 0 Å². The van der Waals surface area contributed by atoms with Crippen LogP contribution in [0.5, 0.6) is 0 Å². The third-order valence-electron chi connectivity index (χ3n) is 3.54. The van der Waals surface area contributed by atoms with Crippen LogP contribution in [0.1, 0.15) is 36.3 Å². The molecule has 0 radical (unpaired) electrons. The molecule has 2 atom stereocenters. The first-order valence-corrected chi connectivity index (χ1v) is 6.75. The summed E-state index contributed by atoms with van der Waals surface area (Å²) in [6, 6.07) is 8.52. The normalized spacial score (nSPS) is 25.4. The summed E-state index contributed by atoms with van der Waals surface area (Å²) in [6.07, 6.45) is 2.99. The Hall–Kier alpha value is -0.860. The topological polar surface area (TPSA) is 20.2 Å². The van der Waals surface area contributed by atoms with E-state index in [4.69, 9.17) is 0 Å². The van der Waals surface area contributed by atoms with Crippen LogP contribution in [0, 0.1) is 5.92 Å². The van der Waals surface area contributed by atoms with Crippen LogP contribution in [0.3, 0.4) is 0 Å². The van der Waals surface area contributed by atoms with Gasteiger partial charge in [0.1, 0.15) is 0 Å². The lowest BCUT2D eigenvalue weighted by Gasteiger charge is -2.10. The number of aliphatic hydroxyl groups is 1. The van der Waals surface area contributed by atoms with E-state index in [0.717, 1.165) is 12.8 Å². The summed E-state index contributed by atoms with van der Waals surface area (Å²) in [5.74, 6) is 0.633. The fraction of sp³-hybridized carbons (Fsp3) is 0.429. The van der Waals surface area contributed by atoms with Crippen molar-refractivity contribution < 1.29 is 5.11 Å². The molecule has 16 heavy (non-hydrogen) atoms. The molecule has 1 nitrogen and oxygen atoms in total. The van der Waals surface area contributed by atoms with Gasteiger partial charge in [-0.25, -0.2) is 0 Å². The number of aliphatic hydroxyl groups excluding tert-OH is 1. The van der Waals surface area contributed by atoms with Crippen molar-refractivity contribution in [1.29, 1.82) is 0 Å². The average Bonchev–Trinajstić information content (AvgIpc) is 2.58. The Bertz CT molecular complexity index is 514.